The molecule has 2 aliphatic rings. The summed E-state index contributed by atoms with van der Waals surface area (Å²) in [6.07, 6.45) is 10.3. The van der Waals surface area contributed by atoms with Crippen molar-refractivity contribution in [3.05, 3.63) is 47.9 Å². The molecule has 0 atom stereocenters. The maximum Gasteiger partial charge on any atom is 0.227 e. The predicted octanol–water partition coefficient (Wildman–Crippen LogP) is 4.48. The zero-order chi connectivity index (χ0) is 20.3. The summed E-state index contributed by atoms with van der Waals surface area (Å²) in [5.74, 6) is 1.35. The Bertz CT molecular complexity index is 991. The van der Waals surface area contributed by atoms with E-state index in [1.54, 1.807) is 6.20 Å². The highest BCUT2D eigenvalue weighted by Crippen LogP contribution is 2.30. The number of benzene rings is 1. The Labute approximate surface area is 181 Å². The largest absolute Gasteiger partial charge is 0.385 e. The van der Waals surface area contributed by atoms with E-state index >= 15 is 0 Å². The quantitative estimate of drug-likeness (QED) is 0.519. The minimum Gasteiger partial charge on any atom is -0.385 e. The molecule has 1 aromatic carbocycles. The van der Waals surface area contributed by atoms with Crippen molar-refractivity contribution < 1.29 is 0 Å². The summed E-state index contributed by atoms with van der Waals surface area (Å²) >= 11 is 6.40. The smallest absolute Gasteiger partial charge is 0.227 e. The zero-order valence-corrected chi connectivity index (χ0v) is 17.6. The number of rotatable bonds is 7. The molecule has 156 valence electrons. The molecule has 3 N–H and O–H groups in total. The van der Waals surface area contributed by atoms with Crippen LogP contribution < -0.4 is 16.0 Å². The number of hydrogen-bond acceptors (Lipinski definition) is 6. The minimum absolute atomic E-state index is 0.440. The van der Waals surface area contributed by atoms with E-state index in [9.17, 15) is 0 Å². The van der Waals surface area contributed by atoms with E-state index in [4.69, 9.17) is 11.6 Å². The first-order valence-electron chi connectivity index (χ1n) is 10.6. The molecule has 2 fully saturated rings. The van der Waals surface area contributed by atoms with E-state index in [1.165, 1.54) is 12.8 Å². The molecule has 1 saturated carbocycles. The molecule has 5 rings (SSSR count). The molecule has 1 aliphatic heterocycles. The first-order chi connectivity index (χ1) is 14.7. The summed E-state index contributed by atoms with van der Waals surface area (Å²) in [5.41, 5.74) is 3.68. The molecule has 8 heteroatoms. The fourth-order valence-corrected chi connectivity index (χ4v) is 3.96. The molecule has 0 spiro atoms. The van der Waals surface area contributed by atoms with Gasteiger partial charge in [0.2, 0.25) is 5.95 Å². The van der Waals surface area contributed by atoms with Crippen LogP contribution in [-0.4, -0.2) is 39.4 Å². The van der Waals surface area contributed by atoms with Crippen LogP contribution in [0, 0.1) is 5.92 Å². The molecule has 0 unspecified atom stereocenters. The van der Waals surface area contributed by atoms with Gasteiger partial charge >= 0.3 is 0 Å². The molecule has 0 bridgehead atoms. The minimum atomic E-state index is 0.440. The second-order valence-corrected chi connectivity index (χ2v) is 8.51. The molecule has 2 aromatic heterocycles. The van der Waals surface area contributed by atoms with Crippen LogP contribution in [0.15, 0.2) is 42.9 Å². The number of anilines is 3. The Morgan fingerprint density at radius 2 is 1.83 bits per heavy atom. The van der Waals surface area contributed by atoms with E-state index in [0.717, 1.165) is 55.3 Å². The van der Waals surface area contributed by atoms with Crippen LogP contribution >= 0.6 is 11.6 Å². The Kier molecular flexibility index (Phi) is 5.55. The fourth-order valence-electron chi connectivity index (χ4n) is 3.76. The van der Waals surface area contributed by atoms with Crippen molar-refractivity contribution in [2.45, 2.75) is 31.7 Å². The van der Waals surface area contributed by atoms with Crippen LogP contribution in [0.3, 0.4) is 0 Å². The monoisotopic (exact) mass is 423 g/mol. The average molecular weight is 424 g/mol. The Morgan fingerprint density at radius 3 is 2.60 bits per heavy atom. The zero-order valence-electron chi connectivity index (χ0n) is 16.8. The van der Waals surface area contributed by atoms with Gasteiger partial charge in [0, 0.05) is 24.0 Å². The van der Waals surface area contributed by atoms with E-state index in [0.29, 0.717) is 22.7 Å². The van der Waals surface area contributed by atoms with E-state index in [-0.39, 0.29) is 0 Å². The van der Waals surface area contributed by atoms with Gasteiger partial charge in [-0.25, -0.2) is 9.97 Å². The van der Waals surface area contributed by atoms with Gasteiger partial charge in [-0.2, -0.15) is 5.10 Å². The van der Waals surface area contributed by atoms with Crippen LogP contribution in [0.25, 0.3) is 11.3 Å². The number of nitrogens with zero attached hydrogens (tertiary/aromatic N) is 4. The third kappa shape index (κ3) is 4.57. The van der Waals surface area contributed by atoms with E-state index < -0.39 is 0 Å². The highest BCUT2D eigenvalue weighted by molar-refractivity contribution is 6.32. The van der Waals surface area contributed by atoms with Crippen LogP contribution in [0.1, 0.15) is 31.7 Å². The molecular formula is C22H26ClN7. The highest BCUT2D eigenvalue weighted by Gasteiger charge is 2.20. The normalized spacial score (nSPS) is 17.1. The average Bonchev–Trinajstić information content (AvgIpc) is 3.51. The molecule has 7 nitrogen and oxygen atoms in total. The summed E-state index contributed by atoms with van der Waals surface area (Å²) in [5, 5.41) is 15.2. The Hall–Kier alpha value is -2.64. The van der Waals surface area contributed by atoms with Gasteiger partial charge in [0.1, 0.15) is 0 Å². The van der Waals surface area contributed by atoms with Crippen molar-refractivity contribution in [3.63, 3.8) is 0 Å². The molecule has 0 radical (unpaired) electrons. The lowest BCUT2D eigenvalue weighted by Gasteiger charge is -2.22. The van der Waals surface area contributed by atoms with Gasteiger partial charge in [0.05, 0.1) is 34.8 Å². The third-order valence-corrected chi connectivity index (χ3v) is 6.01. The van der Waals surface area contributed by atoms with E-state index in [2.05, 4.69) is 43.1 Å². The van der Waals surface area contributed by atoms with Gasteiger partial charge < -0.3 is 16.0 Å². The number of hydrogen-bond donors (Lipinski definition) is 3. The third-order valence-electron chi connectivity index (χ3n) is 5.73. The summed E-state index contributed by atoms with van der Waals surface area (Å²) in [4.78, 5) is 8.99. The number of aromatic nitrogens is 4. The topological polar surface area (TPSA) is 79.7 Å². The second kappa shape index (κ2) is 8.62. The lowest BCUT2D eigenvalue weighted by molar-refractivity contribution is 0.343. The second-order valence-electron chi connectivity index (χ2n) is 8.11. The molecule has 30 heavy (non-hydrogen) atoms. The summed E-state index contributed by atoms with van der Waals surface area (Å²) in [7, 11) is 0. The number of nitrogens with one attached hydrogen (secondary N) is 3. The van der Waals surface area contributed by atoms with Gasteiger partial charge in [-0.1, -0.05) is 23.7 Å². The molecule has 3 heterocycles. The first-order valence-corrected chi connectivity index (χ1v) is 11.0. The summed E-state index contributed by atoms with van der Waals surface area (Å²) < 4.78 is 2.04. The maximum atomic E-state index is 6.40. The SMILES string of the molecule is Clc1cnc(Nc2cnn(C3CCNCC3)c2)nc1-c1ccc(NCC2CC2)cc1. The van der Waals surface area contributed by atoms with Crippen molar-refractivity contribution in [3.8, 4) is 11.3 Å². The van der Waals surface area contributed by atoms with Gasteiger partial charge in [-0.05, 0) is 56.8 Å². The predicted molar refractivity (Wildman–Crippen MR) is 120 cm³/mol. The van der Waals surface area contributed by atoms with Gasteiger partial charge in [0.25, 0.3) is 0 Å². The molecule has 1 saturated heterocycles. The maximum absolute atomic E-state index is 6.40. The molecule has 3 aromatic rings. The van der Waals surface area contributed by atoms with Crippen molar-refractivity contribution >= 4 is 28.9 Å². The van der Waals surface area contributed by atoms with Crippen LogP contribution in [0.4, 0.5) is 17.3 Å². The van der Waals surface area contributed by atoms with Crippen LogP contribution in [-0.2, 0) is 0 Å². The van der Waals surface area contributed by atoms with Gasteiger partial charge in [-0.15, -0.1) is 0 Å². The number of halogens is 1. The number of piperidine rings is 1. The molecular weight excluding hydrogens is 398 g/mol. The Morgan fingerprint density at radius 1 is 1.03 bits per heavy atom. The van der Waals surface area contributed by atoms with Gasteiger partial charge in [0.15, 0.2) is 0 Å². The van der Waals surface area contributed by atoms with Crippen LogP contribution in [0.5, 0.6) is 0 Å². The van der Waals surface area contributed by atoms with Crippen molar-refractivity contribution in [1.82, 2.24) is 25.1 Å². The fraction of sp³-hybridized carbons (Fsp3) is 0.409. The standard InChI is InChI=1S/C22H26ClN7/c23-20-13-26-22(28-18-12-27-30(14-18)19-7-9-24-10-8-19)29-21(20)16-3-5-17(6-4-16)25-11-15-1-2-15/h3-6,12-15,19,24-25H,1-2,7-11H2,(H,26,28,29). The first kappa shape index (κ1) is 19.3. The molecule has 0 amide bonds. The van der Waals surface area contributed by atoms with Gasteiger partial charge in [-0.3, -0.25) is 4.68 Å². The summed E-state index contributed by atoms with van der Waals surface area (Å²) in [6.45, 7) is 3.12. The lowest BCUT2D eigenvalue weighted by atomic mass is 10.1. The van der Waals surface area contributed by atoms with Crippen molar-refractivity contribution in [2.24, 2.45) is 5.92 Å². The van der Waals surface area contributed by atoms with Crippen molar-refractivity contribution in [2.75, 3.05) is 30.3 Å². The Balaban J connectivity index is 1.29. The van der Waals surface area contributed by atoms with Crippen LogP contribution in [0.2, 0.25) is 5.02 Å². The van der Waals surface area contributed by atoms with Crippen molar-refractivity contribution in [1.29, 1.82) is 0 Å². The highest BCUT2D eigenvalue weighted by atomic mass is 35.5. The lowest BCUT2D eigenvalue weighted by Crippen LogP contribution is -2.29. The van der Waals surface area contributed by atoms with E-state index in [1.807, 2.05) is 29.2 Å². The molecule has 1 aliphatic carbocycles. The summed E-state index contributed by atoms with van der Waals surface area (Å²) in [6, 6.07) is 8.68.